The van der Waals surface area contributed by atoms with Crippen molar-refractivity contribution in [3.8, 4) is 0 Å². The Hall–Kier alpha value is -4.94. The van der Waals surface area contributed by atoms with E-state index in [1.54, 1.807) is 57.3 Å². The fourth-order valence-electron chi connectivity index (χ4n) is 10.8. The summed E-state index contributed by atoms with van der Waals surface area (Å²) in [7, 11) is -18.0. The Labute approximate surface area is 514 Å². The van der Waals surface area contributed by atoms with Gasteiger partial charge in [-0.15, -0.1) is 0 Å². The van der Waals surface area contributed by atoms with Crippen LogP contribution in [-0.2, 0) is 103 Å². The van der Waals surface area contributed by atoms with Crippen LogP contribution in [0.15, 0.2) is 92.0 Å². The van der Waals surface area contributed by atoms with Crippen molar-refractivity contribution >= 4 is 85.1 Å². The van der Waals surface area contributed by atoms with Crippen LogP contribution < -0.4 is 4.90 Å². The van der Waals surface area contributed by atoms with E-state index in [0.717, 1.165) is 24.3 Å². The quantitative estimate of drug-likeness (QED) is 0.0358. The van der Waals surface area contributed by atoms with Gasteiger partial charge in [0, 0.05) is 80.1 Å². The molecule has 6 rings (SSSR count). The minimum absolute atomic E-state index is 0.00367. The molecule has 88 heavy (non-hydrogen) atoms. The van der Waals surface area contributed by atoms with Gasteiger partial charge in [-0.25, -0.2) is 33.7 Å². The van der Waals surface area contributed by atoms with Crippen LogP contribution in [0, 0.1) is 0 Å². The highest BCUT2D eigenvalue weighted by Crippen LogP contribution is 2.54. The van der Waals surface area contributed by atoms with Crippen LogP contribution in [0.3, 0.4) is 0 Å². The van der Waals surface area contributed by atoms with Gasteiger partial charge in [0.15, 0.2) is 5.71 Å². The van der Waals surface area contributed by atoms with E-state index in [-0.39, 0.29) is 113 Å². The largest absolute Gasteiger partial charge is 0.744 e. The molecule has 0 aliphatic carbocycles. The highest BCUT2D eigenvalue weighted by Gasteiger charge is 2.47. The van der Waals surface area contributed by atoms with Gasteiger partial charge < -0.3 is 75.6 Å². The van der Waals surface area contributed by atoms with Crippen molar-refractivity contribution in [2.24, 2.45) is 0 Å². The summed E-state index contributed by atoms with van der Waals surface area (Å²) >= 11 is 0. The smallest absolute Gasteiger partial charge is 0.303 e. The number of methoxy groups -OCH3 is 2. The summed E-state index contributed by atoms with van der Waals surface area (Å²) in [4.78, 5) is 9.95. The zero-order chi connectivity index (χ0) is 64.3. The monoisotopic (exact) mass is 1310 g/mol. The number of benzene rings is 4. The van der Waals surface area contributed by atoms with Crippen molar-refractivity contribution in [1.82, 2.24) is 0 Å². The fraction of sp³-hybridized carbons (Fsp3) is 0.552. The van der Waals surface area contributed by atoms with Crippen LogP contribution in [0.4, 0.5) is 11.4 Å². The van der Waals surface area contributed by atoms with E-state index in [0.29, 0.717) is 113 Å². The van der Waals surface area contributed by atoms with E-state index in [1.807, 2.05) is 11.5 Å². The average molecular weight is 1310 g/mol. The molecule has 0 saturated heterocycles. The molecule has 4 aromatic rings. The Balaban J connectivity index is 1.41. The van der Waals surface area contributed by atoms with Gasteiger partial charge in [0.2, 0.25) is 5.69 Å². The molecule has 1 N–H and O–H groups in total. The summed E-state index contributed by atoms with van der Waals surface area (Å²) < 4.78 is 211. The lowest BCUT2D eigenvalue weighted by Crippen LogP contribution is -2.32. The summed E-state index contributed by atoms with van der Waals surface area (Å²) in [6.07, 6.45) is 6.40. The van der Waals surface area contributed by atoms with Crippen molar-refractivity contribution in [2.75, 3.05) is 151 Å². The van der Waals surface area contributed by atoms with Gasteiger partial charge >= 0.3 is 5.97 Å². The molecule has 26 nitrogen and oxygen atoms in total. The van der Waals surface area contributed by atoms with E-state index in [4.69, 9.17) is 47.4 Å². The minimum Gasteiger partial charge on any atom is -0.744 e. The standard InChI is InChI=1S/C58H80N2O24S4/c1-57(2)52(59(18-8-6-7-12-54(61)62)48-16-15-45-46(55(48)57)39-43(86(66,67)68)40-50(45)87(69,70)71)10-9-11-53-58(3,17-20-77-26-28-81-32-30-79-24-22-75-4)56-47-38-42(85(63,64)65)13-14-44(47)51(88(72,73)74)41-49(56)60(53)19-21-78-27-29-82-34-35-84-37-36-83-33-31-80-25-23-76-5/h9-11,13-16,38-41H,6-8,12,17-37H2,1-5H3,(H4-,61,62,63,64,65,66,67,68,69,70,71,72,73,74)/p-3. The predicted octanol–water partition coefficient (Wildman–Crippen LogP) is 4.66. The lowest BCUT2D eigenvalue weighted by molar-refractivity contribution is -0.438. The number of aliphatic carboxylic acids is 1. The van der Waals surface area contributed by atoms with Crippen molar-refractivity contribution in [1.29, 1.82) is 0 Å². The van der Waals surface area contributed by atoms with Gasteiger partial charge in [0.1, 0.15) is 47.0 Å². The second-order valence-electron chi connectivity index (χ2n) is 21.2. The first-order valence-electron chi connectivity index (χ1n) is 28.4. The van der Waals surface area contributed by atoms with Crippen molar-refractivity contribution in [2.45, 2.75) is 83.3 Å². The molecule has 0 bridgehead atoms. The third kappa shape index (κ3) is 19.3. The summed E-state index contributed by atoms with van der Waals surface area (Å²) in [6, 6.07) is 8.81. The first kappa shape index (κ1) is 72.1. The van der Waals surface area contributed by atoms with Crippen molar-refractivity contribution in [3.63, 3.8) is 0 Å². The molecule has 490 valence electrons. The summed E-state index contributed by atoms with van der Waals surface area (Å²) in [5, 5.41) is 9.09. The highest BCUT2D eigenvalue weighted by molar-refractivity contribution is 7.87. The molecule has 2 aliphatic rings. The first-order valence-corrected chi connectivity index (χ1v) is 34.0. The number of unbranched alkanes of at least 4 members (excludes halogenated alkanes) is 2. The first-order chi connectivity index (χ1) is 41.7. The highest BCUT2D eigenvalue weighted by atomic mass is 32.2. The Morgan fingerprint density at radius 2 is 0.989 bits per heavy atom. The van der Waals surface area contributed by atoms with Gasteiger partial charge in [0.05, 0.1) is 137 Å². The molecular weight excluding hydrogens is 1240 g/mol. The van der Waals surface area contributed by atoms with Gasteiger partial charge in [-0.05, 0) is 104 Å². The Kier molecular flexibility index (Phi) is 26.9. The number of rotatable bonds is 42. The van der Waals surface area contributed by atoms with Crippen LogP contribution in [0.2, 0.25) is 0 Å². The zero-order valence-electron chi connectivity index (χ0n) is 49.9. The third-order valence-corrected chi connectivity index (χ3v) is 18.2. The predicted molar refractivity (Wildman–Crippen MR) is 316 cm³/mol. The van der Waals surface area contributed by atoms with Crippen molar-refractivity contribution < 1.29 is 114 Å². The second kappa shape index (κ2) is 32.9. The Bertz CT molecular complexity index is 3610. The average Bonchev–Trinajstić information content (AvgIpc) is 1.53. The van der Waals surface area contributed by atoms with Crippen LogP contribution in [0.5, 0.6) is 0 Å². The van der Waals surface area contributed by atoms with E-state index in [9.17, 15) is 61.8 Å². The van der Waals surface area contributed by atoms with Crippen LogP contribution >= 0.6 is 0 Å². The molecule has 1 atom stereocenters. The van der Waals surface area contributed by atoms with E-state index in [2.05, 4.69) is 0 Å². The number of ether oxygens (including phenoxy) is 10. The van der Waals surface area contributed by atoms with Gasteiger partial charge in [0.25, 0.3) is 0 Å². The van der Waals surface area contributed by atoms with Crippen LogP contribution in [-0.4, -0.2) is 219 Å². The number of anilines is 1. The minimum atomic E-state index is -5.35. The van der Waals surface area contributed by atoms with Gasteiger partial charge in [-0.1, -0.05) is 12.1 Å². The lowest BCUT2D eigenvalue weighted by Gasteiger charge is -2.31. The number of hydrogen-bond donors (Lipinski definition) is 1. The summed E-state index contributed by atoms with van der Waals surface area (Å²) in [6.45, 7) is 10.5. The molecule has 4 aromatic carbocycles. The molecular formula is C58H77N2O24S4-3. The van der Waals surface area contributed by atoms with Gasteiger partial charge in [-0.2, -0.15) is 4.58 Å². The van der Waals surface area contributed by atoms with Crippen LogP contribution in [0.1, 0.15) is 64.0 Å². The molecule has 0 fully saturated rings. The number of carboxylic acid groups (broad SMARTS) is 1. The normalized spacial score (nSPS) is 16.7. The second-order valence-corrected chi connectivity index (χ2v) is 26.6. The van der Waals surface area contributed by atoms with Crippen LogP contribution in [0.25, 0.3) is 21.5 Å². The Morgan fingerprint density at radius 3 is 1.48 bits per heavy atom. The topological polar surface area (TPSA) is 365 Å². The molecule has 0 amide bonds. The number of carboxylic acids is 1. The lowest BCUT2D eigenvalue weighted by atomic mass is 9.76. The Morgan fingerprint density at radius 1 is 0.534 bits per heavy atom. The summed E-state index contributed by atoms with van der Waals surface area (Å²) in [5.41, 5.74) is -0.0819. The molecule has 0 radical (unpaired) electrons. The zero-order valence-corrected chi connectivity index (χ0v) is 53.2. The molecule has 0 aromatic heterocycles. The number of hydrogen-bond acceptors (Lipinski definition) is 24. The maximum Gasteiger partial charge on any atom is 0.303 e. The molecule has 2 heterocycles. The number of allylic oxidation sites excluding steroid dienone is 4. The van der Waals surface area contributed by atoms with E-state index >= 15 is 0 Å². The summed E-state index contributed by atoms with van der Waals surface area (Å²) in [5.74, 6) is -0.982. The van der Waals surface area contributed by atoms with Crippen molar-refractivity contribution in [3.05, 3.63) is 83.6 Å². The maximum absolute atomic E-state index is 13.2. The van der Waals surface area contributed by atoms with Gasteiger partial charge in [-0.3, -0.25) is 4.79 Å². The molecule has 30 heteroatoms. The fourth-order valence-corrected chi connectivity index (χ4v) is 13.3. The molecule has 0 spiro atoms. The maximum atomic E-state index is 13.2. The molecule has 1 unspecified atom stereocenters. The number of fused-ring (bicyclic) bond motifs is 6. The number of carbonyl (C=O) groups is 1. The van der Waals surface area contributed by atoms with E-state index in [1.165, 1.54) is 12.1 Å². The molecule has 0 saturated carbocycles. The SMILES string of the molecule is COCCOCCOCCOCCOCCOCCN1C(=CC=CC2=[N+](CCCCCC(=O)O)c3ccc4c(S(=O)(=O)[O-])cc(S(=O)(=O)[O-])cc4c3C2(C)C)C(C)(CCOCCOCCOCCOC)c2c1cc(S(=O)(=O)[O-])c1ccc(S(=O)(=O)[O-])cc21. The number of nitrogens with zero attached hydrogens (tertiary/aromatic N) is 2. The molecule has 2 aliphatic heterocycles. The third-order valence-electron chi connectivity index (χ3n) is 14.8. The van der Waals surface area contributed by atoms with E-state index < -0.39 is 76.9 Å².